The highest BCUT2D eigenvalue weighted by atomic mass is 19.4. The molecule has 0 saturated carbocycles. The van der Waals surface area contributed by atoms with Gasteiger partial charge in [0, 0.05) is 23.2 Å². The van der Waals surface area contributed by atoms with E-state index in [4.69, 9.17) is 10.00 Å². The number of hydrogen-bond donors (Lipinski definition) is 1. The number of halogens is 4. The predicted octanol–water partition coefficient (Wildman–Crippen LogP) is 4.16. The van der Waals surface area contributed by atoms with E-state index in [1.165, 1.54) is 12.1 Å². The quantitative estimate of drug-likeness (QED) is 0.811. The first kappa shape index (κ1) is 19.1. The van der Waals surface area contributed by atoms with Gasteiger partial charge in [-0.3, -0.25) is 0 Å². The van der Waals surface area contributed by atoms with Crippen molar-refractivity contribution in [3.05, 3.63) is 58.5 Å². The summed E-state index contributed by atoms with van der Waals surface area (Å²) < 4.78 is 59.0. The minimum Gasteiger partial charge on any atom is -0.473 e. The van der Waals surface area contributed by atoms with Crippen molar-refractivity contribution < 1.29 is 22.3 Å². The van der Waals surface area contributed by atoms with Gasteiger partial charge in [0.25, 0.3) is 0 Å². The molecule has 0 unspecified atom stereocenters. The molecule has 0 radical (unpaired) electrons. The molecule has 1 aromatic carbocycles. The molecule has 1 N–H and O–H groups in total. The van der Waals surface area contributed by atoms with Crippen LogP contribution in [0.5, 0.6) is 5.88 Å². The normalized spacial score (nSPS) is 15.4. The average molecular weight is 379 g/mol. The molecule has 0 aliphatic carbocycles. The lowest BCUT2D eigenvalue weighted by molar-refractivity contribution is -0.137. The van der Waals surface area contributed by atoms with E-state index in [1.807, 2.05) is 6.07 Å². The van der Waals surface area contributed by atoms with E-state index < -0.39 is 17.6 Å². The third kappa shape index (κ3) is 4.74. The second-order valence-electron chi connectivity index (χ2n) is 6.35. The van der Waals surface area contributed by atoms with E-state index in [1.54, 1.807) is 0 Å². The molecule has 1 aromatic heterocycles. The lowest BCUT2D eigenvalue weighted by atomic mass is 9.93. The van der Waals surface area contributed by atoms with Gasteiger partial charge in [0.1, 0.15) is 12.4 Å². The van der Waals surface area contributed by atoms with Crippen molar-refractivity contribution >= 4 is 0 Å². The van der Waals surface area contributed by atoms with Crippen molar-refractivity contribution in [3.8, 4) is 11.9 Å². The molecule has 0 atom stereocenters. The molecule has 142 valence electrons. The monoisotopic (exact) mass is 379 g/mol. The fourth-order valence-corrected chi connectivity index (χ4v) is 2.98. The minimum atomic E-state index is -4.53. The molecule has 3 rings (SSSR count). The molecule has 27 heavy (non-hydrogen) atoms. The molecular formula is C19H17F4N3O. The number of hydrogen-bond acceptors (Lipinski definition) is 4. The van der Waals surface area contributed by atoms with Gasteiger partial charge in [-0.25, -0.2) is 9.37 Å². The molecule has 1 aliphatic rings. The maximum atomic E-state index is 13.9. The molecule has 1 saturated heterocycles. The highest BCUT2D eigenvalue weighted by molar-refractivity contribution is 5.33. The molecule has 0 bridgehead atoms. The number of pyridine rings is 1. The van der Waals surface area contributed by atoms with Gasteiger partial charge < -0.3 is 10.1 Å². The van der Waals surface area contributed by atoms with Gasteiger partial charge in [0.2, 0.25) is 5.88 Å². The highest BCUT2D eigenvalue weighted by Gasteiger charge is 2.33. The molecule has 0 amide bonds. The van der Waals surface area contributed by atoms with Gasteiger partial charge in [0.05, 0.1) is 17.2 Å². The van der Waals surface area contributed by atoms with Crippen molar-refractivity contribution in [3.63, 3.8) is 0 Å². The van der Waals surface area contributed by atoms with Gasteiger partial charge in [0.15, 0.2) is 0 Å². The van der Waals surface area contributed by atoms with Crippen LogP contribution in [0.15, 0.2) is 30.3 Å². The third-order valence-electron chi connectivity index (χ3n) is 4.46. The predicted molar refractivity (Wildman–Crippen MR) is 89.5 cm³/mol. The summed E-state index contributed by atoms with van der Waals surface area (Å²) in [5, 5.41) is 11.9. The summed E-state index contributed by atoms with van der Waals surface area (Å²) >= 11 is 0. The van der Waals surface area contributed by atoms with Crippen molar-refractivity contribution in [1.29, 1.82) is 5.26 Å². The number of nitrogens with zero attached hydrogens (tertiary/aromatic N) is 2. The molecule has 0 spiro atoms. The number of rotatable bonds is 4. The summed E-state index contributed by atoms with van der Waals surface area (Å²) in [6, 6.07) is 7.54. The Morgan fingerprint density at radius 3 is 2.56 bits per heavy atom. The van der Waals surface area contributed by atoms with Gasteiger partial charge in [-0.2, -0.15) is 18.4 Å². The smallest absolute Gasteiger partial charge is 0.416 e. The van der Waals surface area contributed by atoms with E-state index in [0.717, 1.165) is 31.3 Å². The van der Waals surface area contributed by atoms with Crippen LogP contribution in [0.1, 0.15) is 41.1 Å². The van der Waals surface area contributed by atoms with Crippen LogP contribution in [0, 0.1) is 17.1 Å². The summed E-state index contributed by atoms with van der Waals surface area (Å²) in [5.41, 5.74) is -0.207. The Morgan fingerprint density at radius 1 is 1.19 bits per heavy atom. The Labute approximate surface area is 153 Å². The average Bonchev–Trinajstić information content (AvgIpc) is 2.66. The van der Waals surface area contributed by atoms with Crippen LogP contribution in [0.4, 0.5) is 17.6 Å². The Bertz CT molecular complexity index is 855. The van der Waals surface area contributed by atoms with Crippen molar-refractivity contribution in [2.45, 2.75) is 31.5 Å². The summed E-state index contributed by atoms with van der Waals surface area (Å²) in [6.45, 7) is 1.15. The maximum absolute atomic E-state index is 13.9. The Kier molecular flexibility index (Phi) is 5.61. The molecule has 4 nitrogen and oxygen atoms in total. The molecule has 1 aliphatic heterocycles. The van der Waals surface area contributed by atoms with Crippen molar-refractivity contribution in [2.75, 3.05) is 13.1 Å². The number of piperidine rings is 1. The van der Waals surface area contributed by atoms with Gasteiger partial charge in [-0.05, 0) is 44.1 Å². The largest absolute Gasteiger partial charge is 0.473 e. The molecular weight excluding hydrogens is 362 g/mol. The van der Waals surface area contributed by atoms with Crippen molar-refractivity contribution in [1.82, 2.24) is 10.3 Å². The van der Waals surface area contributed by atoms with Gasteiger partial charge in [-0.15, -0.1) is 0 Å². The zero-order valence-electron chi connectivity index (χ0n) is 14.3. The number of benzene rings is 1. The number of ether oxygens (including phenoxy) is 1. The van der Waals surface area contributed by atoms with Crippen LogP contribution in [0.3, 0.4) is 0 Å². The van der Waals surface area contributed by atoms with E-state index in [2.05, 4.69) is 10.3 Å². The molecule has 8 heteroatoms. The maximum Gasteiger partial charge on any atom is 0.416 e. The molecule has 2 aromatic rings. The summed E-state index contributed by atoms with van der Waals surface area (Å²) in [7, 11) is 0. The van der Waals surface area contributed by atoms with Crippen LogP contribution < -0.4 is 10.1 Å². The van der Waals surface area contributed by atoms with Crippen LogP contribution >= 0.6 is 0 Å². The SMILES string of the molecule is N#Cc1ccc(COc2cc(C(F)(F)F)cc(C3CCNCC3)n2)c(F)c1. The minimum absolute atomic E-state index is 0.0810. The first-order valence-corrected chi connectivity index (χ1v) is 8.48. The van der Waals surface area contributed by atoms with Crippen molar-refractivity contribution in [2.24, 2.45) is 0 Å². The lowest BCUT2D eigenvalue weighted by Crippen LogP contribution is -2.27. The zero-order valence-corrected chi connectivity index (χ0v) is 14.3. The second kappa shape index (κ2) is 7.92. The Hall–Kier alpha value is -2.66. The third-order valence-corrected chi connectivity index (χ3v) is 4.46. The zero-order chi connectivity index (χ0) is 19.4. The number of nitrogens with one attached hydrogen (secondary N) is 1. The van der Waals surface area contributed by atoms with E-state index >= 15 is 0 Å². The second-order valence-corrected chi connectivity index (χ2v) is 6.35. The number of alkyl halides is 3. The summed E-state index contributed by atoms with van der Waals surface area (Å²) in [4.78, 5) is 4.22. The van der Waals surface area contributed by atoms with E-state index in [9.17, 15) is 17.6 Å². The first-order chi connectivity index (χ1) is 12.9. The fourth-order valence-electron chi connectivity index (χ4n) is 2.98. The van der Waals surface area contributed by atoms with Gasteiger partial charge >= 0.3 is 6.18 Å². The molecule has 1 fully saturated rings. The van der Waals surface area contributed by atoms with Crippen LogP contribution in [0.2, 0.25) is 0 Å². The Balaban J connectivity index is 1.84. The standard InChI is InChI=1S/C19H17F4N3O/c20-16-7-12(10-24)1-2-14(16)11-27-18-9-15(19(21,22)23)8-17(26-18)13-3-5-25-6-4-13/h1-2,7-9,13,25H,3-6,11H2. The lowest BCUT2D eigenvalue weighted by Gasteiger charge is -2.23. The topological polar surface area (TPSA) is 57.9 Å². The van der Waals surface area contributed by atoms with E-state index in [-0.39, 0.29) is 29.5 Å². The highest BCUT2D eigenvalue weighted by Crippen LogP contribution is 2.35. The van der Waals surface area contributed by atoms with Crippen LogP contribution in [-0.2, 0) is 12.8 Å². The van der Waals surface area contributed by atoms with Gasteiger partial charge in [-0.1, -0.05) is 6.07 Å². The van der Waals surface area contributed by atoms with E-state index in [0.29, 0.717) is 18.5 Å². The van der Waals surface area contributed by atoms with Crippen LogP contribution in [-0.4, -0.2) is 18.1 Å². The van der Waals surface area contributed by atoms with Crippen LogP contribution in [0.25, 0.3) is 0 Å². The summed E-state index contributed by atoms with van der Waals surface area (Å²) in [5.74, 6) is -0.927. The number of nitriles is 1. The Morgan fingerprint density at radius 2 is 1.93 bits per heavy atom. The fraction of sp³-hybridized carbons (Fsp3) is 0.368. The summed E-state index contributed by atoms with van der Waals surface area (Å²) in [6.07, 6.45) is -3.14. The first-order valence-electron chi connectivity index (χ1n) is 8.48. The number of aromatic nitrogens is 1. The molecule has 2 heterocycles.